The minimum Gasteiger partial charge on any atom is -0.388 e. The summed E-state index contributed by atoms with van der Waals surface area (Å²) in [6.07, 6.45) is 0. The van der Waals surface area contributed by atoms with Crippen molar-refractivity contribution in [3.05, 3.63) is 59.2 Å². The van der Waals surface area contributed by atoms with Crippen LogP contribution in [0.3, 0.4) is 0 Å². The fraction of sp³-hybridized carbons (Fsp3) is 0.133. The Labute approximate surface area is 115 Å². The van der Waals surface area contributed by atoms with Gasteiger partial charge in [0.1, 0.15) is 11.6 Å². The predicted molar refractivity (Wildman–Crippen MR) is 75.0 cm³/mol. The van der Waals surface area contributed by atoms with Gasteiger partial charge in [0, 0.05) is 24.4 Å². The fourth-order valence-corrected chi connectivity index (χ4v) is 1.72. The van der Waals surface area contributed by atoms with E-state index in [9.17, 15) is 13.6 Å². The molecule has 0 aliphatic carbocycles. The number of rotatable bonds is 3. The van der Waals surface area contributed by atoms with Crippen molar-refractivity contribution in [3.8, 4) is 0 Å². The lowest BCUT2D eigenvalue weighted by Gasteiger charge is -2.08. The molecule has 0 saturated carbocycles. The van der Waals surface area contributed by atoms with Crippen LogP contribution >= 0.6 is 0 Å². The van der Waals surface area contributed by atoms with Crippen LogP contribution in [0.1, 0.15) is 15.9 Å². The maximum Gasteiger partial charge on any atom is 0.255 e. The summed E-state index contributed by atoms with van der Waals surface area (Å²) in [6, 6.07) is 8.68. The number of halogens is 2. The van der Waals surface area contributed by atoms with Crippen LogP contribution in [0.5, 0.6) is 0 Å². The standard InChI is InChI=1S/C15H14F2N2O/c1-9-7-13(17)14(8-12(9)16)19-15(20)10-3-5-11(18-2)6-4-10/h3-8,18H,1-2H3,(H,19,20). The quantitative estimate of drug-likeness (QED) is 0.899. The van der Waals surface area contributed by atoms with Crippen LogP contribution in [0, 0.1) is 18.6 Å². The summed E-state index contributed by atoms with van der Waals surface area (Å²) in [5.41, 5.74) is 1.24. The Morgan fingerprint density at radius 3 is 2.30 bits per heavy atom. The smallest absolute Gasteiger partial charge is 0.255 e. The highest BCUT2D eigenvalue weighted by molar-refractivity contribution is 6.04. The zero-order valence-corrected chi connectivity index (χ0v) is 11.1. The Bertz CT molecular complexity index is 639. The molecular formula is C15H14F2N2O. The molecule has 5 heteroatoms. The third-order valence-electron chi connectivity index (χ3n) is 2.93. The number of carbonyl (C=O) groups excluding carboxylic acids is 1. The van der Waals surface area contributed by atoms with Gasteiger partial charge in [-0.3, -0.25) is 4.79 Å². The van der Waals surface area contributed by atoms with E-state index in [0.29, 0.717) is 5.56 Å². The molecule has 104 valence electrons. The second-order valence-corrected chi connectivity index (χ2v) is 4.36. The molecule has 1 amide bonds. The van der Waals surface area contributed by atoms with Crippen LogP contribution in [0.25, 0.3) is 0 Å². The van der Waals surface area contributed by atoms with E-state index in [2.05, 4.69) is 10.6 Å². The third kappa shape index (κ3) is 2.93. The number of amides is 1. The van der Waals surface area contributed by atoms with E-state index in [1.54, 1.807) is 31.3 Å². The first kappa shape index (κ1) is 14.0. The average molecular weight is 276 g/mol. The van der Waals surface area contributed by atoms with Crippen molar-refractivity contribution in [2.75, 3.05) is 17.7 Å². The highest BCUT2D eigenvalue weighted by Gasteiger charge is 2.11. The minimum atomic E-state index is -0.663. The topological polar surface area (TPSA) is 41.1 Å². The van der Waals surface area contributed by atoms with Gasteiger partial charge in [-0.05, 0) is 42.8 Å². The van der Waals surface area contributed by atoms with Crippen molar-refractivity contribution in [3.63, 3.8) is 0 Å². The molecule has 3 nitrogen and oxygen atoms in total. The summed E-state index contributed by atoms with van der Waals surface area (Å²) in [7, 11) is 1.76. The van der Waals surface area contributed by atoms with Crippen LogP contribution in [0.2, 0.25) is 0 Å². The Morgan fingerprint density at radius 2 is 1.70 bits per heavy atom. The second kappa shape index (κ2) is 5.69. The number of aryl methyl sites for hydroxylation is 1. The van der Waals surface area contributed by atoms with Gasteiger partial charge in [0.25, 0.3) is 5.91 Å². The molecule has 0 saturated heterocycles. The molecule has 0 atom stereocenters. The summed E-state index contributed by atoms with van der Waals surface area (Å²) in [5.74, 6) is -1.72. The van der Waals surface area contributed by atoms with Crippen LogP contribution in [-0.2, 0) is 0 Å². The van der Waals surface area contributed by atoms with Crippen molar-refractivity contribution in [2.45, 2.75) is 6.92 Å². The Hall–Kier alpha value is -2.43. The molecule has 2 N–H and O–H groups in total. The van der Waals surface area contributed by atoms with E-state index < -0.39 is 17.5 Å². The summed E-state index contributed by atoms with van der Waals surface area (Å²) < 4.78 is 27.0. The molecule has 2 aromatic carbocycles. The maximum atomic E-state index is 13.6. The summed E-state index contributed by atoms with van der Waals surface area (Å²) in [4.78, 5) is 11.9. The van der Waals surface area contributed by atoms with E-state index >= 15 is 0 Å². The maximum absolute atomic E-state index is 13.6. The lowest BCUT2D eigenvalue weighted by molar-refractivity contribution is 0.102. The number of anilines is 2. The Morgan fingerprint density at radius 1 is 1.05 bits per heavy atom. The predicted octanol–water partition coefficient (Wildman–Crippen LogP) is 3.57. The highest BCUT2D eigenvalue weighted by Crippen LogP contribution is 2.20. The van der Waals surface area contributed by atoms with Crippen LogP contribution in [0.4, 0.5) is 20.2 Å². The molecule has 0 aromatic heterocycles. The normalized spacial score (nSPS) is 10.2. The summed E-state index contributed by atoms with van der Waals surface area (Å²) in [6.45, 7) is 1.46. The van der Waals surface area contributed by atoms with Gasteiger partial charge in [0.05, 0.1) is 5.69 Å². The molecular weight excluding hydrogens is 262 g/mol. The number of hydrogen-bond acceptors (Lipinski definition) is 2. The zero-order valence-electron chi connectivity index (χ0n) is 11.1. The molecule has 2 rings (SSSR count). The van der Waals surface area contributed by atoms with Crippen LogP contribution < -0.4 is 10.6 Å². The van der Waals surface area contributed by atoms with Gasteiger partial charge >= 0.3 is 0 Å². The van der Waals surface area contributed by atoms with Crippen molar-refractivity contribution >= 4 is 17.3 Å². The molecule has 2 aromatic rings. The number of carbonyl (C=O) groups is 1. The molecule has 0 spiro atoms. The Kier molecular flexibility index (Phi) is 3.98. The summed E-state index contributed by atoms with van der Waals surface area (Å²) in [5, 5.41) is 5.28. The molecule has 0 bridgehead atoms. The van der Waals surface area contributed by atoms with E-state index in [-0.39, 0.29) is 11.3 Å². The van der Waals surface area contributed by atoms with Gasteiger partial charge in [-0.15, -0.1) is 0 Å². The SMILES string of the molecule is CNc1ccc(C(=O)Nc2cc(F)c(C)cc2F)cc1. The van der Waals surface area contributed by atoms with Crippen molar-refractivity contribution in [1.29, 1.82) is 0 Å². The molecule has 0 radical (unpaired) electrons. The average Bonchev–Trinajstić information content (AvgIpc) is 2.44. The number of hydrogen-bond donors (Lipinski definition) is 2. The third-order valence-corrected chi connectivity index (χ3v) is 2.93. The molecule has 0 heterocycles. The van der Waals surface area contributed by atoms with Crippen LogP contribution in [0.15, 0.2) is 36.4 Å². The van der Waals surface area contributed by atoms with Crippen molar-refractivity contribution in [1.82, 2.24) is 0 Å². The first-order chi connectivity index (χ1) is 9.51. The summed E-state index contributed by atoms with van der Waals surface area (Å²) >= 11 is 0. The first-order valence-corrected chi connectivity index (χ1v) is 6.06. The van der Waals surface area contributed by atoms with Crippen molar-refractivity contribution in [2.24, 2.45) is 0 Å². The minimum absolute atomic E-state index is 0.171. The Balaban J connectivity index is 2.20. The van der Waals surface area contributed by atoms with Gasteiger partial charge in [-0.1, -0.05) is 0 Å². The molecule has 0 fully saturated rings. The number of nitrogens with one attached hydrogen (secondary N) is 2. The molecule has 0 unspecified atom stereocenters. The zero-order chi connectivity index (χ0) is 14.7. The fourth-order valence-electron chi connectivity index (χ4n) is 1.72. The largest absolute Gasteiger partial charge is 0.388 e. The van der Waals surface area contributed by atoms with Gasteiger partial charge in [-0.25, -0.2) is 8.78 Å². The van der Waals surface area contributed by atoms with Crippen LogP contribution in [-0.4, -0.2) is 13.0 Å². The molecule has 0 aliphatic heterocycles. The molecule has 20 heavy (non-hydrogen) atoms. The lowest BCUT2D eigenvalue weighted by Crippen LogP contribution is -2.13. The van der Waals surface area contributed by atoms with E-state index in [1.165, 1.54) is 6.92 Å². The van der Waals surface area contributed by atoms with Crippen molar-refractivity contribution < 1.29 is 13.6 Å². The van der Waals surface area contributed by atoms with E-state index in [0.717, 1.165) is 17.8 Å². The second-order valence-electron chi connectivity index (χ2n) is 4.36. The highest BCUT2D eigenvalue weighted by atomic mass is 19.1. The first-order valence-electron chi connectivity index (χ1n) is 6.06. The molecule has 0 aliphatic rings. The van der Waals surface area contributed by atoms with Gasteiger partial charge in [0.2, 0.25) is 0 Å². The van der Waals surface area contributed by atoms with Gasteiger partial charge in [-0.2, -0.15) is 0 Å². The van der Waals surface area contributed by atoms with Gasteiger partial charge < -0.3 is 10.6 Å². The monoisotopic (exact) mass is 276 g/mol. The number of benzene rings is 2. The lowest BCUT2D eigenvalue weighted by atomic mass is 10.1. The van der Waals surface area contributed by atoms with E-state index in [4.69, 9.17) is 0 Å². The van der Waals surface area contributed by atoms with E-state index in [1.807, 2.05) is 0 Å². The van der Waals surface area contributed by atoms with Gasteiger partial charge in [0.15, 0.2) is 0 Å².